The summed E-state index contributed by atoms with van der Waals surface area (Å²) in [5, 5.41) is 11.6. The van der Waals surface area contributed by atoms with Crippen LogP contribution in [0.5, 0.6) is 0 Å². The molecule has 0 spiro atoms. The van der Waals surface area contributed by atoms with Gasteiger partial charge in [-0.05, 0) is 43.4 Å². The van der Waals surface area contributed by atoms with Gasteiger partial charge in [0, 0.05) is 5.39 Å². The maximum Gasteiger partial charge on any atom is 0.0988 e. The van der Waals surface area contributed by atoms with Gasteiger partial charge in [0.05, 0.1) is 17.3 Å². The monoisotopic (exact) mass is 241 g/mol. The molecule has 2 aromatic rings. The third-order valence-corrected chi connectivity index (χ3v) is 4.09. The number of hydrogen-bond acceptors (Lipinski definition) is 2. The van der Waals surface area contributed by atoms with E-state index in [0.717, 1.165) is 24.1 Å². The molecular formula is C16H19NO. The van der Waals surface area contributed by atoms with Gasteiger partial charge in [-0.3, -0.25) is 4.98 Å². The van der Waals surface area contributed by atoms with Crippen molar-refractivity contribution in [3.63, 3.8) is 0 Å². The van der Waals surface area contributed by atoms with Crippen molar-refractivity contribution in [3.8, 4) is 0 Å². The first-order chi connectivity index (χ1) is 8.75. The Morgan fingerprint density at radius 3 is 2.72 bits per heavy atom. The Morgan fingerprint density at radius 1 is 1.22 bits per heavy atom. The van der Waals surface area contributed by atoms with Crippen LogP contribution in [0.15, 0.2) is 30.3 Å². The largest absolute Gasteiger partial charge is 0.387 e. The van der Waals surface area contributed by atoms with E-state index < -0.39 is 6.10 Å². The molecular weight excluding hydrogens is 222 g/mol. The fourth-order valence-electron chi connectivity index (χ4n) is 3.04. The van der Waals surface area contributed by atoms with E-state index in [1.54, 1.807) is 0 Å². The van der Waals surface area contributed by atoms with Crippen LogP contribution in [-0.2, 0) is 0 Å². The number of aromatic nitrogens is 1. The number of nitrogens with zero attached hydrogens (tertiary/aromatic N) is 1. The first-order valence-electron chi connectivity index (χ1n) is 6.80. The molecule has 0 aliphatic heterocycles. The van der Waals surface area contributed by atoms with E-state index >= 15 is 0 Å². The average Bonchev–Trinajstić information content (AvgIpc) is 2.91. The molecule has 1 aromatic carbocycles. The summed E-state index contributed by atoms with van der Waals surface area (Å²) in [6, 6.07) is 10.2. The number of rotatable bonds is 2. The van der Waals surface area contributed by atoms with Gasteiger partial charge in [0.25, 0.3) is 0 Å². The second kappa shape index (κ2) is 4.69. The van der Waals surface area contributed by atoms with Gasteiger partial charge in [0.15, 0.2) is 0 Å². The van der Waals surface area contributed by atoms with Crippen LogP contribution in [0.1, 0.15) is 43.0 Å². The minimum Gasteiger partial charge on any atom is -0.387 e. The molecule has 0 amide bonds. The molecule has 1 unspecified atom stereocenters. The van der Waals surface area contributed by atoms with Gasteiger partial charge in [0.2, 0.25) is 0 Å². The molecule has 1 aliphatic rings. The first-order valence-corrected chi connectivity index (χ1v) is 6.80. The molecule has 1 fully saturated rings. The number of benzene rings is 1. The van der Waals surface area contributed by atoms with Crippen LogP contribution in [0, 0.1) is 12.8 Å². The van der Waals surface area contributed by atoms with Gasteiger partial charge in [-0.2, -0.15) is 0 Å². The number of pyridine rings is 1. The zero-order valence-electron chi connectivity index (χ0n) is 10.8. The van der Waals surface area contributed by atoms with E-state index in [2.05, 4.69) is 18.0 Å². The van der Waals surface area contributed by atoms with Crippen molar-refractivity contribution in [1.29, 1.82) is 0 Å². The van der Waals surface area contributed by atoms with Crippen molar-refractivity contribution in [2.75, 3.05) is 0 Å². The Kier molecular flexibility index (Phi) is 3.04. The predicted octanol–water partition coefficient (Wildman–Crippen LogP) is 3.77. The lowest BCUT2D eigenvalue weighted by atomic mass is 9.96. The second-order valence-electron chi connectivity index (χ2n) is 5.37. The number of hydrogen-bond donors (Lipinski definition) is 1. The van der Waals surface area contributed by atoms with Crippen LogP contribution < -0.4 is 0 Å². The molecule has 1 N–H and O–H groups in total. The third-order valence-electron chi connectivity index (χ3n) is 4.09. The van der Waals surface area contributed by atoms with E-state index in [1.165, 1.54) is 23.8 Å². The summed E-state index contributed by atoms with van der Waals surface area (Å²) >= 11 is 0. The van der Waals surface area contributed by atoms with Crippen molar-refractivity contribution < 1.29 is 5.11 Å². The van der Waals surface area contributed by atoms with Gasteiger partial charge < -0.3 is 5.11 Å². The highest BCUT2D eigenvalue weighted by Crippen LogP contribution is 2.35. The van der Waals surface area contributed by atoms with E-state index in [1.807, 2.05) is 24.3 Å². The van der Waals surface area contributed by atoms with Crippen LogP contribution in [0.2, 0.25) is 0 Å². The predicted molar refractivity (Wildman–Crippen MR) is 73.4 cm³/mol. The Balaban J connectivity index is 2.01. The zero-order chi connectivity index (χ0) is 12.5. The topological polar surface area (TPSA) is 33.1 Å². The maximum absolute atomic E-state index is 10.4. The van der Waals surface area contributed by atoms with Gasteiger partial charge in [-0.1, -0.05) is 31.0 Å². The number of aliphatic hydroxyl groups is 1. The molecule has 18 heavy (non-hydrogen) atoms. The summed E-state index contributed by atoms with van der Waals surface area (Å²) in [6.07, 6.45) is 4.36. The van der Waals surface area contributed by atoms with Crippen molar-refractivity contribution in [1.82, 2.24) is 4.98 Å². The standard InChI is InChI=1S/C16H19NO/c1-11-10-15(16(18)12-6-2-3-7-12)17-14-9-5-4-8-13(11)14/h4-5,8-10,12,16,18H,2-3,6-7H2,1H3. The number of fused-ring (bicyclic) bond motifs is 1. The molecule has 1 heterocycles. The highest BCUT2D eigenvalue weighted by molar-refractivity contribution is 5.82. The second-order valence-corrected chi connectivity index (χ2v) is 5.37. The van der Waals surface area contributed by atoms with Gasteiger partial charge in [-0.15, -0.1) is 0 Å². The number of aliphatic hydroxyl groups excluding tert-OH is 1. The zero-order valence-corrected chi connectivity index (χ0v) is 10.8. The van der Waals surface area contributed by atoms with Crippen molar-refractivity contribution >= 4 is 10.9 Å². The lowest BCUT2D eigenvalue weighted by molar-refractivity contribution is 0.108. The van der Waals surface area contributed by atoms with Gasteiger partial charge in [-0.25, -0.2) is 0 Å². The maximum atomic E-state index is 10.4. The molecule has 0 saturated heterocycles. The Bertz CT molecular complexity index is 558. The van der Waals surface area contributed by atoms with Gasteiger partial charge >= 0.3 is 0 Å². The Morgan fingerprint density at radius 2 is 1.94 bits per heavy atom. The SMILES string of the molecule is Cc1cc(C(O)C2CCCC2)nc2ccccc12. The minimum absolute atomic E-state index is 0.393. The molecule has 1 saturated carbocycles. The molecule has 1 aliphatic carbocycles. The van der Waals surface area contributed by atoms with E-state index in [0.29, 0.717) is 5.92 Å². The van der Waals surface area contributed by atoms with Crippen LogP contribution in [0.4, 0.5) is 0 Å². The van der Waals surface area contributed by atoms with E-state index in [9.17, 15) is 5.11 Å². The molecule has 2 heteroatoms. The summed E-state index contributed by atoms with van der Waals surface area (Å²) in [7, 11) is 0. The van der Waals surface area contributed by atoms with Gasteiger partial charge in [0.1, 0.15) is 0 Å². The number of aryl methyl sites for hydroxylation is 1. The summed E-state index contributed by atoms with van der Waals surface area (Å²) in [4.78, 5) is 4.63. The summed E-state index contributed by atoms with van der Waals surface area (Å²) in [5.41, 5.74) is 3.04. The highest BCUT2D eigenvalue weighted by Gasteiger charge is 2.25. The molecule has 94 valence electrons. The normalized spacial score (nSPS) is 18.3. The average molecular weight is 241 g/mol. The highest BCUT2D eigenvalue weighted by atomic mass is 16.3. The van der Waals surface area contributed by atoms with E-state index in [4.69, 9.17) is 0 Å². The summed E-state index contributed by atoms with van der Waals surface area (Å²) in [5.74, 6) is 0.401. The third kappa shape index (κ3) is 2.01. The Labute approximate surface area is 108 Å². The smallest absolute Gasteiger partial charge is 0.0988 e. The lowest BCUT2D eigenvalue weighted by Crippen LogP contribution is -2.11. The molecule has 2 nitrogen and oxygen atoms in total. The lowest BCUT2D eigenvalue weighted by Gasteiger charge is -2.18. The molecule has 1 aromatic heterocycles. The van der Waals surface area contributed by atoms with Crippen LogP contribution >= 0.6 is 0 Å². The molecule has 3 rings (SSSR count). The van der Waals surface area contributed by atoms with Crippen LogP contribution in [0.3, 0.4) is 0 Å². The summed E-state index contributed by atoms with van der Waals surface area (Å²) < 4.78 is 0. The fraction of sp³-hybridized carbons (Fsp3) is 0.438. The quantitative estimate of drug-likeness (QED) is 0.868. The number of para-hydroxylation sites is 1. The van der Waals surface area contributed by atoms with Crippen LogP contribution in [-0.4, -0.2) is 10.1 Å². The summed E-state index contributed by atoms with van der Waals surface area (Å²) in [6.45, 7) is 2.09. The van der Waals surface area contributed by atoms with Crippen molar-refractivity contribution in [3.05, 3.63) is 41.6 Å². The minimum atomic E-state index is -0.393. The Hall–Kier alpha value is -1.41. The first kappa shape index (κ1) is 11.7. The van der Waals surface area contributed by atoms with Crippen molar-refractivity contribution in [2.45, 2.75) is 38.7 Å². The fourth-order valence-corrected chi connectivity index (χ4v) is 3.04. The molecule has 1 atom stereocenters. The molecule has 0 bridgehead atoms. The van der Waals surface area contributed by atoms with E-state index in [-0.39, 0.29) is 0 Å². The van der Waals surface area contributed by atoms with Crippen molar-refractivity contribution in [2.24, 2.45) is 5.92 Å². The molecule has 0 radical (unpaired) electrons. The van der Waals surface area contributed by atoms with Crippen LogP contribution in [0.25, 0.3) is 10.9 Å².